The van der Waals surface area contributed by atoms with Crippen LogP contribution in [0.2, 0.25) is 0 Å². The van der Waals surface area contributed by atoms with Crippen LogP contribution in [0.4, 0.5) is 0 Å². The van der Waals surface area contributed by atoms with Gasteiger partial charge in [0.25, 0.3) is 0 Å². The Labute approximate surface area is 107 Å². The van der Waals surface area contributed by atoms with Crippen LogP contribution in [-0.4, -0.2) is 63.2 Å². The molecule has 0 unspecified atom stereocenters. The second-order valence-corrected chi connectivity index (χ2v) is 3.89. The Balaban J connectivity index is 2.68. The first-order chi connectivity index (χ1) is 8.83. The Morgan fingerprint density at radius 3 is 1.61 bits per heavy atom. The van der Waals surface area contributed by atoms with Crippen molar-refractivity contribution in [3.63, 3.8) is 0 Å². The number of nitrogens with zero attached hydrogens (tertiary/aromatic N) is 3. The number of hydrogen-bond donors (Lipinski definition) is 3. The van der Waals surface area contributed by atoms with E-state index < -0.39 is 0 Å². The van der Waals surface area contributed by atoms with E-state index in [1.807, 2.05) is 5.12 Å². The highest BCUT2D eigenvalue weighted by Crippen LogP contribution is 2.12. The van der Waals surface area contributed by atoms with Gasteiger partial charge in [-0.15, -0.1) is 0 Å². The summed E-state index contributed by atoms with van der Waals surface area (Å²) < 4.78 is 0. The van der Waals surface area contributed by atoms with E-state index >= 15 is 0 Å². The summed E-state index contributed by atoms with van der Waals surface area (Å²) in [5, 5.41) is 32.4. The van der Waals surface area contributed by atoms with Gasteiger partial charge in [0.05, 0.1) is 25.3 Å². The topological polar surface area (TPSA) is 70.4 Å². The minimum Gasteiger partial charge on any atom is -0.516 e. The predicted octanol–water partition coefficient (Wildman–Crippen LogP) is 1.34. The van der Waals surface area contributed by atoms with Crippen LogP contribution in [0.15, 0.2) is 37.0 Å². The van der Waals surface area contributed by atoms with Crippen molar-refractivity contribution >= 4 is 0 Å². The third-order valence-electron chi connectivity index (χ3n) is 2.70. The van der Waals surface area contributed by atoms with Gasteiger partial charge in [-0.1, -0.05) is 0 Å². The van der Waals surface area contributed by atoms with Crippen LogP contribution >= 0.6 is 0 Å². The molecule has 6 heteroatoms. The fourth-order valence-electron chi connectivity index (χ4n) is 1.93. The molecule has 3 N–H and O–H groups in total. The van der Waals surface area contributed by atoms with Crippen molar-refractivity contribution in [3.05, 3.63) is 37.0 Å². The smallest absolute Gasteiger partial charge is 0.0765 e. The van der Waals surface area contributed by atoms with Gasteiger partial charge in [0, 0.05) is 26.2 Å². The summed E-state index contributed by atoms with van der Waals surface area (Å²) in [5.74, 6) is 0. The van der Waals surface area contributed by atoms with Crippen molar-refractivity contribution in [1.82, 2.24) is 15.1 Å². The average Bonchev–Trinajstić information content (AvgIpc) is 2.41. The zero-order valence-corrected chi connectivity index (χ0v) is 10.4. The highest BCUT2D eigenvalue weighted by Gasteiger charge is 2.24. The molecule has 0 radical (unpaired) electrons. The van der Waals surface area contributed by atoms with Crippen molar-refractivity contribution in [2.45, 2.75) is 6.42 Å². The van der Waals surface area contributed by atoms with Crippen molar-refractivity contribution < 1.29 is 15.3 Å². The van der Waals surface area contributed by atoms with Gasteiger partial charge in [0.2, 0.25) is 0 Å². The number of rotatable bonds is 6. The molecule has 1 aliphatic rings. The van der Waals surface area contributed by atoms with E-state index in [4.69, 9.17) is 15.3 Å². The second kappa shape index (κ2) is 8.57. The monoisotopic (exact) mass is 255 g/mol. The van der Waals surface area contributed by atoms with E-state index in [0.29, 0.717) is 19.6 Å². The maximum absolute atomic E-state index is 8.77. The summed E-state index contributed by atoms with van der Waals surface area (Å²) in [5.41, 5.74) is 0. The lowest BCUT2D eigenvalue weighted by Gasteiger charge is -2.45. The van der Waals surface area contributed by atoms with Crippen LogP contribution in [0.25, 0.3) is 0 Å². The molecule has 1 saturated heterocycles. The van der Waals surface area contributed by atoms with E-state index in [1.165, 1.54) is 0 Å². The molecule has 1 heterocycles. The van der Waals surface area contributed by atoms with Gasteiger partial charge in [-0.05, 0) is 24.6 Å². The molecular formula is C12H21N3O3. The summed E-state index contributed by atoms with van der Waals surface area (Å²) in [6.07, 6.45) is 9.09. The molecule has 1 rings (SSSR count). The predicted molar refractivity (Wildman–Crippen MR) is 69.8 cm³/mol. The fraction of sp³-hybridized carbons (Fsp3) is 0.500. The van der Waals surface area contributed by atoms with Crippen molar-refractivity contribution in [2.24, 2.45) is 0 Å². The Hall–Kier alpha value is -1.50. The van der Waals surface area contributed by atoms with Crippen LogP contribution in [0, 0.1) is 0 Å². The molecule has 0 bridgehead atoms. The molecule has 1 fully saturated rings. The number of hydrogen-bond acceptors (Lipinski definition) is 6. The first-order valence-electron chi connectivity index (χ1n) is 5.98. The Morgan fingerprint density at radius 1 is 0.722 bits per heavy atom. The molecule has 0 aromatic rings. The number of aliphatic hydroxyl groups excluding tert-OH is 3. The van der Waals surface area contributed by atoms with Gasteiger partial charge in [-0.2, -0.15) is 5.12 Å². The molecule has 0 amide bonds. The van der Waals surface area contributed by atoms with Crippen LogP contribution < -0.4 is 0 Å². The van der Waals surface area contributed by atoms with Gasteiger partial charge in [0.15, 0.2) is 0 Å². The van der Waals surface area contributed by atoms with E-state index in [0.717, 1.165) is 38.3 Å². The Morgan fingerprint density at radius 2 is 1.17 bits per heavy atom. The summed E-state index contributed by atoms with van der Waals surface area (Å²) in [4.78, 5) is 0. The van der Waals surface area contributed by atoms with Gasteiger partial charge in [-0.3, -0.25) is 0 Å². The normalized spacial score (nSPS) is 20.7. The highest BCUT2D eigenvalue weighted by atomic mass is 16.2. The molecule has 0 aliphatic carbocycles. The highest BCUT2D eigenvalue weighted by molar-refractivity contribution is 4.84. The zero-order valence-electron chi connectivity index (χ0n) is 10.4. The third kappa shape index (κ3) is 4.40. The summed E-state index contributed by atoms with van der Waals surface area (Å²) in [6, 6.07) is 0. The van der Waals surface area contributed by atoms with Gasteiger partial charge in [0.1, 0.15) is 0 Å². The molecule has 0 saturated carbocycles. The second-order valence-electron chi connectivity index (χ2n) is 3.89. The van der Waals surface area contributed by atoms with Crippen molar-refractivity contribution in [1.29, 1.82) is 0 Å². The van der Waals surface area contributed by atoms with Crippen molar-refractivity contribution in [2.75, 3.05) is 32.7 Å². The molecular weight excluding hydrogens is 234 g/mol. The van der Waals surface area contributed by atoms with Crippen LogP contribution in [0.3, 0.4) is 0 Å². The third-order valence-corrected chi connectivity index (χ3v) is 2.70. The minimum absolute atomic E-state index is 0.551. The molecule has 18 heavy (non-hydrogen) atoms. The first kappa shape index (κ1) is 14.6. The van der Waals surface area contributed by atoms with E-state index in [1.54, 1.807) is 18.2 Å². The number of hydrazine groups is 2. The van der Waals surface area contributed by atoms with Crippen LogP contribution in [0.5, 0.6) is 0 Å². The van der Waals surface area contributed by atoms with Gasteiger partial charge >= 0.3 is 0 Å². The Kier molecular flexibility index (Phi) is 6.93. The van der Waals surface area contributed by atoms with Crippen molar-refractivity contribution in [3.8, 4) is 0 Å². The van der Waals surface area contributed by atoms with Crippen LogP contribution in [0.1, 0.15) is 6.42 Å². The molecule has 0 aromatic carbocycles. The Bertz CT molecular complexity index is 283. The van der Waals surface area contributed by atoms with E-state index in [2.05, 4.69) is 10.0 Å². The van der Waals surface area contributed by atoms with Crippen LogP contribution in [-0.2, 0) is 0 Å². The average molecular weight is 255 g/mol. The van der Waals surface area contributed by atoms with Gasteiger partial charge < -0.3 is 15.3 Å². The zero-order chi connectivity index (χ0) is 13.2. The molecule has 0 spiro atoms. The molecule has 0 aromatic heterocycles. The van der Waals surface area contributed by atoms with E-state index in [-0.39, 0.29) is 0 Å². The minimum atomic E-state index is 0.551. The standard InChI is InChI=1S/C12H21N3O3/c16-10-2-7-13-5-1-6-14(8-3-11-17)15(13)9-4-12-18/h2-4,10-12,16-18H,1,5-9H2. The summed E-state index contributed by atoms with van der Waals surface area (Å²) in [7, 11) is 0. The summed E-state index contributed by atoms with van der Waals surface area (Å²) >= 11 is 0. The molecule has 0 atom stereocenters. The summed E-state index contributed by atoms with van der Waals surface area (Å²) in [6.45, 7) is 3.55. The fourth-order valence-corrected chi connectivity index (χ4v) is 1.93. The SMILES string of the molecule is OC=CCN1CCCN(CC=CO)N1CC=CO. The largest absolute Gasteiger partial charge is 0.516 e. The lowest BCUT2D eigenvalue weighted by molar-refractivity contribution is -0.194. The first-order valence-corrected chi connectivity index (χ1v) is 5.98. The van der Waals surface area contributed by atoms with Gasteiger partial charge in [-0.25, -0.2) is 10.0 Å². The molecule has 1 aliphatic heterocycles. The number of aliphatic hydroxyl groups is 3. The maximum Gasteiger partial charge on any atom is 0.0765 e. The lowest BCUT2D eigenvalue weighted by atomic mass is 10.3. The lowest BCUT2D eigenvalue weighted by Crippen LogP contribution is -2.58. The van der Waals surface area contributed by atoms with E-state index in [9.17, 15) is 0 Å². The quantitative estimate of drug-likeness (QED) is 0.622. The molecule has 6 nitrogen and oxygen atoms in total. The maximum atomic E-state index is 8.77. The molecule has 102 valence electrons.